The van der Waals surface area contributed by atoms with Crippen LogP contribution in [0.5, 0.6) is 5.75 Å². The number of ether oxygens (including phenoxy) is 1. The fraction of sp³-hybridized carbons (Fsp3) is 0.167. The molecule has 4 heteroatoms. The molecule has 1 N–H and O–H groups in total. The molecule has 0 saturated heterocycles. The molecular weight excluding hydrogens is 274 g/mol. The highest BCUT2D eigenvalue weighted by atomic mass is 16.5. The normalized spacial score (nSPS) is 10.6. The summed E-state index contributed by atoms with van der Waals surface area (Å²) in [5.74, 6) is 0.888. The standard InChI is InChI=1S/C18H19N3O/c1-22-18-8-4-16(5-9-18)13-20-12-15-2-6-17(7-3-15)21-11-10-19-14-21/h2-11,14,20H,12-13H2,1H3. The highest BCUT2D eigenvalue weighted by Crippen LogP contribution is 2.12. The van der Waals surface area contributed by atoms with E-state index in [1.807, 2.05) is 22.9 Å². The van der Waals surface area contributed by atoms with Crippen LogP contribution in [0.15, 0.2) is 67.3 Å². The van der Waals surface area contributed by atoms with E-state index in [-0.39, 0.29) is 0 Å². The number of benzene rings is 2. The minimum atomic E-state index is 0.841. The molecule has 0 amide bonds. The summed E-state index contributed by atoms with van der Waals surface area (Å²) >= 11 is 0. The van der Waals surface area contributed by atoms with E-state index in [0.717, 1.165) is 24.5 Å². The van der Waals surface area contributed by atoms with E-state index in [2.05, 4.69) is 46.7 Å². The number of nitrogens with zero attached hydrogens (tertiary/aromatic N) is 2. The summed E-state index contributed by atoms with van der Waals surface area (Å²) in [6.45, 7) is 1.68. The van der Waals surface area contributed by atoms with Crippen LogP contribution in [0.3, 0.4) is 0 Å². The third kappa shape index (κ3) is 3.54. The molecular formula is C18H19N3O. The van der Waals surface area contributed by atoms with Gasteiger partial charge in [0.15, 0.2) is 0 Å². The highest BCUT2D eigenvalue weighted by Gasteiger charge is 1.98. The van der Waals surface area contributed by atoms with Crippen LogP contribution in [0.2, 0.25) is 0 Å². The fourth-order valence-electron chi connectivity index (χ4n) is 2.29. The molecule has 0 atom stereocenters. The van der Waals surface area contributed by atoms with Crippen molar-refractivity contribution in [1.82, 2.24) is 14.9 Å². The number of hydrogen-bond donors (Lipinski definition) is 1. The van der Waals surface area contributed by atoms with Gasteiger partial charge in [0.2, 0.25) is 0 Å². The van der Waals surface area contributed by atoms with E-state index >= 15 is 0 Å². The van der Waals surface area contributed by atoms with Gasteiger partial charge in [0.05, 0.1) is 13.4 Å². The zero-order valence-corrected chi connectivity index (χ0v) is 12.6. The molecule has 0 bridgehead atoms. The molecule has 0 aliphatic carbocycles. The van der Waals surface area contributed by atoms with Crippen molar-refractivity contribution in [3.8, 4) is 11.4 Å². The maximum Gasteiger partial charge on any atom is 0.118 e. The van der Waals surface area contributed by atoms with E-state index in [1.54, 1.807) is 19.6 Å². The van der Waals surface area contributed by atoms with Crippen LogP contribution in [0, 0.1) is 0 Å². The Morgan fingerprint density at radius 1 is 0.955 bits per heavy atom. The largest absolute Gasteiger partial charge is 0.497 e. The van der Waals surface area contributed by atoms with Crippen LogP contribution in [0.4, 0.5) is 0 Å². The SMILES string of the molecule is COc1ccc(CNCc2ccc(-n3ccnc3)cc2)cc1. The summed E-state index contributed by atoms with van der Waals surface area (Å²) in [5, 5.41) is 3.45. The molecule has 0 saturated carbocycles. The Labute approximate surface area is 130 Å². The molecule has 0 fully saturated rings. The zero-order chi connectivity index (χ0) is 15.2. The van der Waals surface area contributed by atoms with E-state index in [0.29, 0.717) is 0 Å². The number of hydrogen-bond acceptors (Lipinski definition) is 3. The van der Waals surface area contributed by atoms with Crippen molar-refractivity contribution in [3.63, 3.8) is 0 Å². The van der Waals surface area contributed by atoms with E-state index in [1.165, 1.54) is 11.1 Å². The quantitative estimate of drug-likeness (QED) is 0.758. The van der Waals surface area contributed by atoms with Gasteiger partial charge in [-0.05, 0) is 35.4 Å². The second-order valence-electron chi connectivity index (χ2n) is 5.09. The summed E-state index contributed by atoms with van der Waals surface area (Å²) in [6, 6.07) is 16.6. The Morgan fingerprint density at radius 2 is 1.59 bits per heavy atom. The van der Waals surface area contributed by atoms with Gasteiger partial charge in [-0.25, -0.2) is 4.98 Å². The predicted octanol–water partition coefficient (Wildman–Crippen LogP) is 3.17. The van der Waals surface area contributed by atoms with E-state index in [4.69, 9.17) is 4.74 Å². The van der Waals surface area contributed by atoms with Crippen molar-refractivity contribution in [1.29, 1.82) is 0 Å². The van der Waals surface area contributed by atoms with Crippen molar-refractivity contribution in [3.05, 3.63) is 78.4 Å². The molecule has 0 aliphatic rings. The Morgan fingerprint density at radius 3 is 2.14 bits per heavy atom. The summed E-state index contributed by atoms with van der Waals surface area (Å²) in [6.07, 6.45) is 5.53. The first-order valence-corrected chi connectivity index (χ1v) is 7.26. The first-order chi connectivity index (χ1) is 10.8. The second kappa shape index (κ2) is 6.91. The minimum Gasteiger partial charge on any atom is -0.497 e. The van der Waals surface area contributed by atoms with Gasteiger partial charge in [-0.2, -0.15) is 0 Å². The first-order valence-electron chi connectivity index (χ1n) is 7.26. The number of aromatic nitrogens is 2. The van der Waals surface area contributed by atoms with Gasteiger partial charge in [-0.3, -0.25) is 0 Å². The smallest absolute Gasteiger partial charge is 0.118 e. The highest BCUT2D eigenvalue weighted by molar-refractivity contribution is 5.34. The van der Waals surface area contributed by atoms with Gasteiger partial charge >= 0.3 is 0 Å². The molecule has 2 aromatic carbocycles. The van der Waals surface area contributed by atoms with Gasteiger partial charge in [0, 0.05) is 31.2 Å². The van der Waals surface area contributed by atoms with Crippen LogP contribution in [0.25, 0.3) is 5.69 Å². The monoisotopic (exact) mass is 293 g/mol. The molecule has 0 radical (unpaired) electrons. The molecule has 0 spiro atoms. The Hall–Kier alpha value is -2.59. The Bertz CT molecular complexity index is 688. The minimum absolute atomic E-state index is 0.841. The van der Waals surface area contributed by atoms with Gasteiger partial charge in [-0.1, -0.05) is 24.3 Å². The number of nitrogens with one attached hydrogen (secondary N) is 1. The van der Waals surface area contributed by atoms with Gasteiger partial charge in [0.25, 0.3) is 0 Å². The van der Waals surface area contributed by atoms with Crippen molar-refractivity contribution in [2.75, 3.05) is 7.11 Å². The van der Waals surface area contributed by atoms with E-state index < -0.39 is 0 Å². The lowest BCUT2D eigenvalue weighted by Gasteiger charge is -2.07. The van der Waals surface area contributed by atoms with Gasteiger partial charge in [0.1, 0.15) is 5.75 Å². The molecule has 0 unspecified atom stereocenters. The van der Waals surface area contributed by atoms with Crippen LogP contribution >= 0.6 is 0 Å². The predicted molar refractivity (Wildman–Crippen MR) is 87.1 cm³/mol. The lowest BCUT2D eigenvalue weighted by atomic mass is 10.2. The average molecular weight is 293 g/mol. The topological polar surface area (TPSA) is 39.1 Å². The third-order valence-corrected chi connectivity index (χ3v) is 3.56. The first kappa shape index (κ1) is 14.4. The third-order valence-electron chi connectivity index (χ3n) is 3.56. The number of methoxy groups -OCH3 is 1. The van der Waals surface area contributed by atoms with Gasteiger partial charge in [-0.15, -0.1) is 0 Å². The molecule has 112 valence electrons. The summed E-state index contributed by atoms with van der Waals surface area (Å²) in [5.41, 5.74) is 3.63. The molecule has 3 aromatic rings. The fourth-order valence-corrected chi connectivity index (χ4v) is 2.29. The lowest BCUT2D eigenvalue weighted by molar-refractivity contribution is 0.414. The lowest BCUT2D eigenvalue weighted by Crippen LogP contribution is -2.12. The zero-order valence-electron chi connectivity index (χ0n) is 12.6. The van der Waals surface area contributed by atoms with Crippen LogP contribution in [-0.2, 0) is 13.1 Å². The second-order valence-corrected chi connectivity index (χ2v) is 5.09. The maximum atomic E-state index is 5.16. The number of imidazole rings is 1. The molecule has 22 heavy (non-hydrogen) atoms. The Balaban J connectivity index is 1.53. The van der Waals surface area contributed by atoms with Crippen molar-refractivity contribution < 1.29 is 4.74 Å². The summed E-state index contributed by atoms with van der Waals surface area (Å²) in [4.78, 5) is 4.06. The summed E-state index contributed by atoms with van der Waals surface area (Å²) in [7, 11) is 1.68. The number of rotatable bonds is 6. The average Bonchev–Trinajstić information content (AvgIpc) is 3.11. The van der Waals surface area contributed by atoms with Crippen LogP contribution < -0.4 is 10.1 Å². The van der Waals surface area contributed by atoms with Gasteiger partial charge < -0.3 is 14.6 Å². The van der Waals surface area contributed by atoms with E-state index in [9.17, 15) is 0 Å². The van der Waals surface area contributed by atoms with Crippen molar-refractivity contribution in [2.24, 2.45) is 0 Å². The molecule has 1 aromatic heterocycles. The molecule has 1 heterocycles. The van der Waals surface area contributed by atoms with Crippen molar-refractivity contribution >= 4 is 0 Å². The van der Waals surface area contributed by atoms with Crippen LogP contribution in [-0.4, -0.2) is 16.7 Å². The molecule has 3 rings (SSSR count). The van der Waals surface area contributed by atoms with Crippen molar-refractivity contribution in [2.45, 2.75) is 13.1 Å². The maximum absolute atomic E-state index is 5.16. The summed E-state index contributed by atoms with van der Waals surface area (Å²) < 4.78 is 7.15. The molecule has 4 nitrogen and oxygen atoms in total. The molecule has 0 aliphatic heterocycles. The Kier molecular flexibility index (Phi) is 4.51. The van der Waals surface area contributed by atoms with Crippen LogP contribution in [0.1, 0.15) is 11.1 Å².